The van der Waals surface area contributed by atoms with Crippen molar-refractivity contribution < 1.29 is 105 Å². The molecule has 6 aromatic rings. The lowest BCUT2D eigenvalue weighted by Crippen LogP contribution is -2.41. The van der Waals surface area contributed by atoms with E-state index in [4.69, 9.17) is 70.4 Å². The second kappa shape index (κ2) is 36.9. The van der Waals surface area contributed by atoms with Crippen LogP contribution in [-0.4, -0.2) is 148 Å². The van der Waals surface area contributed by atoms with Gasteiger partial charge in [-0.05, 0) is 170 Å². The van der Waals surface area contributed by atoms with Gasteiger partial charge in [-0.3, -0.25) is 19.2 Å². The third-order valence-electron chi connectivity index (χ3n) is 23.0. The molecule has 0 bridgehead atoms. The second-order valence-electron chi connectivity index (χ2n) is 33.3. The number of ether oxygens (including phenoxy) is 13. The molecule has 614 valence electrons. The van der Waals surface area contributed by atoms with Crippen LogP contribution in [-0.2, 0) is 112 Å². The van der Waals surface area contributed by atoms with E-state index in [9.17, 15) is 34.2 Å². The molecule has 1 amide bonds. The molecule has 3 heterocycles. The molecular weight excluding hydrogens is 1480 g/mol. The molecule has 113 heavy (non-hydrogen) atoms. The van der Waals surface area contributed by atoms with Crippen molar-refractivity contribution in [2.45, 2.75) is 225 Å². The highest BCUT2D eigenvalue weighted by atomic mass is 28.4. The third kappa shape index (κ3) is 19.8. The number of hydrogen-bond acceptors (Lipinski definition) is 22. The van der Waals surface area contributed by atoms with Crippen molar-refractivity contribution in [3.8, 4) is 34.5 Å². The number of carbonyl (C=O) groups is 5. The van der Waals surface area contributed by atoms with Crippen LogP contribution in [0.15, 0.2) is 97.1 Å². The average molecular weight is 1600 g/mol. The molecule has 6 aromatic carbocycles. The Morgan fingerprint density at radius 3 is 1.52 bits per heavy atom. The summed E-state index contributed by atoms with van der Waals surface area (Å²) in [5, 5.41) is 19.4. The number of rotatable bonds is 17. The van der Waals surface area contributed by atoms with Crippen molar-refractivity contribution in [2.24, 2.45) is 0 Å². The van der Waals surface area contributed by atoms with Crippen molar-refractivity contribution in [3.63, 3.8) is 0 Å². The lowest BCUT2D eigenvalue weighted by molar-refractivity contribution is -0.163. The molecule has 0 aromatic heterocycles. The molecule has 3 spiro atoms. The first-order chi connectivity index (χ1) is 53.6. The van der Waals surface area contributed by atoms with E-state index in [0.29, 0.717) is 132 Å². The number of carbonyl (C=O) groups excluding carboxylic acids is 5. The fraction of sp³-hybridized carbons (Fsp3) is 0.534. The maximum absolute atomic E-state index is 13.0. The van der Waals surface area contributed by atoms with Crippen LogP contribution in [0.2, 0.25) is 36.3 Å². The summed E-state index contributed by atoms with van der Waals surface area (Å²) in [5.74, 6) is 1.32. The van der Waals surface area contributed by atoms with E-state index in [1.807, 2.05) is 55.1 Å². The first kappa shape index (κ1) is 87.5. The molecule has 3 saturated heterocycles. The zero-order valence-electron chi connectivity index (χ0n) is 69.1. The second-order valence-corrected chi connectivity index (χ2v) is 42.8. The number of phenols is 2. The molecule has 3 fully saturated rings. The highest BCUT2D eigenvalue weighted by Crippen LogP contribution is 2.52. The summed E-state index contributed by atoms with van der Waals surface area (Å²) in [4.78, 5) is 59.6. The summed E-state index contributed by atoms with van der Waals surface area (Å²) in [6, 6.07) is 29.9. The van der Waals surface area contributed by atoms with Gasteiger partial charge in [0.25, 0.3) is 12.4 Å². The number of phenolic OH excluding ortho intramolecular Hbond substituents is 2. The zero-order chi connectivity index (χ0) is 81.9. The third-order valence-corrected chi connectivity index (χ3v) is 32.0. The van der Waals surface area contributed by atoms with Gasteiger partial charge >= 0.3 is 6.16 Å². The molecule has 23 nitrogen and oxygen atoms in total. The van der Waals surface area contributed by atoms with Gasteiger partial charge in [-0.1, -0.05) is 102 Å². The van der Waals surface area contributed by atoms with E-state index in [-0.39, 0.29) is 52.3 Å². The van der Waals surface area contributed by atoms with Crippen molar-refractivity contribution in [1.29, 1.82) is 0 Å². The number of Topliss-reactive ketones (excluding diaryl/α,β-unsaturated/α-hetero) is 1. The molecule has 2 unspecified atom stereocenters. The molecule has 3 aliphatic heterocycles. The Morgan fingerprint density at radius 1 is 0.522 bits per heavy atom. The largest absolute Gasteiger partial charge is 0.514 e. The Labute approximate surface area is 668 Å². The van der Waals surface area contributed by atoms with Crippen molar-refractivity contribution in [1.82, 2.24) is 4.90 Å². The van der Waals surface area contributed by atoms with Crippen LogP contribution in [0.5, 0.6) is 34.5 Å². The Balaban J connectivity index is 0.000000147. The summed E-state index contributed by atoms with van der Waals surface area (Å²) in [6.07, 6.45) is 9.72. The molecule has 6 aliphatic carbocycles. The normalized spacial score (nSPS) is 18.7. The predicted molar refractivity (Wildman–Crippen MR) is 430 cm³/mol. The quantitative estimate of drug-likeness (QED) is 0.0282. The van der Waals surface area contributed by atoms with Gasteiger partial charge in [0.2, 0.25) is 0 Å². The standard InChI is InChI=1S/C22H37NO4Si.C17H20O6.C17H28O3Si.C12H12O4.C11H12O3.C9H8O2/c1-9-23(10-2)21(24)18-12-11-16-17(20(18)26-15-25-6)13-14-19(16)27-28(7,8)22(3,4)5;1-16(2,3)23-15(19)22-14-11(10-18)4-5-13-12(14)6-7-17(13)20-8-9-21-17;1-17(2,3)21(5,6)20-16-11-10-14-13(16)8-7-9-15(14)19-12-18-4;13-8-14-11-3-1-2-10-9(11)4-5-12(10)15-6-7-16-12;12-10-3-1-2-9-8(10)4-5-11(9)13-6-7-14-11;10-8-3-1-2-6-7(8)4-5-9(6)11/h11-12,19H,9-10,13-15H2,1-8H3;4-5,10H,6-9H2,1-3H3;7-9,16H,10-12H2,1-6H3;1-3,8H,4-7H2;1-3,12H,4-7H2;1-3,10H,4-5H2. The van der Waals surface area contributed by atoms with Crippen LogP contribution >= 0.6 is 0 Å². The van der Waals surface area contributed by atoms with Gasteiger partial charge in [-0.15, -0.1) is 0 Å². The van der Waals surface area contributed by atoms with Crippen LogP contribution in [0.25, 0.3) is 0 Å². The van der Waals surface area contributed by atoms with Crippen LogP contribution in [0.1, 0.15) is 219 Å². The van der Waals surface area contributed by atoms with Crippen LogP contribution in [0, 0.1) is 0 Å². The SMILES string of the molecule is CC(C)(C)OC(=O)Oc1c(C=O)ccc2c1CCC21OCCO1.CCN(CC)C(=O)c1ccc2c(c1OCOC)CCC2O[Si](C)(C)C(C)(C)C.COCOc1cccc2c1CCC2O[Si](C)(C)C(C)(C)C.O=C1CCc2c(O)cccc21.O=COc1cccc2c1CCC21OCCO1.Oc1cccc2c1CCC21OCCO1. The van der Waals surface area contributed by atoms with Crippen molar-refractivity contribution in [2.75, 3.05) is 80.5 Å². The minimum atomic E-state index is -1.89. The average Bonchev–Trinajstić information content (AvgIpc) is 1.62. The molecule has 2 atom stereocenters. The fourth-order valence-electron chi connectivity index (χ4n) is 15.3. The van der Waals surface area contributed by atoms with Gasteiger partial charge in [0, 0.05) is 109 Å². The summed E-state index contributed by atoms with van der Waals surface area (Å²) in [5.41, 5.74) is 12.2. The first-order valence-corrected chi connectivity index (χ1v) is 45.4. The van der Waals surface area contributed by atoms with Crippen molar-refractivity contribution in [3.05, 3.63) is 175 Å². The molecule has 0 radical (unpaired) electrons. The van der Waals surface area contributed by atoms with Crippen LogP contribution < -0.4 is 18.9 Å². The summed E-state index contributed by atoms with van der Waals surface area (Å²) in [7, 11) is -0.392. The molecule has 15 rings (SSSR count). The summed E-state index contributed by atoms with van der Waals surface area (Å²) >= 11 is 0. The van der Waals surface area contributed by atoms with Gasteiger partial charge in [0.05, 0.1) is 63.0 Å². The Bertz CT molecular complexity index is 4320. The van der Waals surface area contributed by atoms with Gasteiger partial charge in [-0.25, -0.2) is 4.79 Å². The topological polar surface area (TPSA) is 267 Å². The highest BCUT2D eigenvalue weighted by Gasteiger charge is 2.49. The number of hydrogen-bond donors (Lipinski definition) is 2. The number of aldehydes is 1. The van der Waals surface area contributed by atoms with E-state index in [1.54, 1.807) is 77.5 Å². The van der Waals surface area contributed by atoms with Crippen LogP contribution in [0.4, 0.5) is 4.79 Å². The minimum absolute atomic E-state index is 0.00710. The number of ketones is 1. The number of aromatic hydroxyl groups is 2. The lowest BCUT2D eigenvalue weighted by atomic mass is 10.0. The van der Waals surface area contributed by atoms with Crippen LogP contribution in [0.3, 0.4) is 0 Å². The van der Waals surface area contributed by atoms with Gasteiger partial charge in [0.1, 0.15) is 40.1 Å². The van der Waals surface area contributed by atoms with Gasteiger partial charge < -0.3 is 85.5 Å². The minimum Gasteiger partial charge on any atom is -0.508 e. The summed E-state index contributed by atoms with van der Waals surface area (Å²) < 4.78 is 84.7. The van der Waals surface area contributed by atoms with E-state index >= 15 is 0 Å². The first-order valence-electron chi connectivity index (χ1n) is 39.5. The predicted octanol–water partition coefficient (Wildman–Crippen LogP) is 17.2. The number of amides is 1. The van der Waals surface area contributed by atoms with E-state index in [1.165, 1.54) is 11.1 Å². The zero-order valence-corrected chi connectivity index (χ0v) is 71.1. The summed E-state index contributed by atoms with van der Waals surface area (Å²) in [6.45, 7) is 37.9. The monoisotopic (exact) mass is 1600 g/mol. The number of nitrogens with zero attached hydrogens (tertiary/aromatic N) is 1. The van der Waals surface area contributed by atoms with E-state index in [2.05, 4.69) is 85.9 Å². The van der Waals surface area contributed by atoms with Gasteiger partial charge in [0.15, 0.2) is 59.7 Å². The molecule has 0 saturated carbocycles. The van der Waals surface area contributed by atoms with E-state index < -0.39 is 45.8 Å². The molecule has 25 heteroatoms. The van der Waals surface area contributed by atoms with Crippen molar-refractivity contribution >= 4 is 47.2 Å². The Morgan fingerprint density at radius 2 is 1.00 bits per heavy atom. The number of fused-ring (bicyclic) bond motifs is 9. The molecule has 2 N–H and O–H groups in total. The lowest BCUT2D eigenvalue weighted by Gasteiger charge is -2.38. The smallest absolute Gasteiger partial charge is 0.508 e. The number of methoxy groups -OCH3 is 2. The fourth-order valence-corrected chi connectivity index (χ4v) is 17.9. The molecular formula is C88H117NO22Si2. The maximum Gasteiger partial charge on any atom is 0.514 e. The van der Waals surface area contributed by atoms with Gasteiger partial charge in [-0.2, -0.15) is 0 Å². The molecule has 9 aliphatic rings. The Kier molecular flexibility index (Phi) is 28.6. The highest BCUT2D eigenvalue weighted by molar-refractivity contribution is 6.74. The maximum atomic E-state index is 13.0. The Hall–Kier alpha value is -7.90. The number of benzene rings is 6. The van der Waals surface area contributed by atoms with E-state index in [0.717, 1.165) is 107 Å².